The van der Waals surface area contributed by atoms with E-state index in [-0.39, 0.29) is 81.7 Å². The summed E-state index contributed by atoms with van der Waals surface area (Å²) in [6.07, 6.45) is 3.00. The fraction of sp³-hybridized carbons (Fsp3) is 0.733. The van der Waals surface area contributed by atoms with Gasteiger partial charge in [0.2, 0.25) is 24.3 Å². The second-order valence-corrected chi connectivity index (χ2v) is 0.408. The number of isocyanates is 4. The molecule has 8 nitrogen and oxygen atoms in total. The third kappa shape index (κ3) is 974. The standard InChI is InChI=1S/4CHNO.11CH4/c4*2-1-3;;;;;;;;;;;/h4*2H;11*1H4. The molecule has 23 heavy (non-hydrogen) atoms. The maximum Gasteiger partial charge on any atom is 0.231 e. The van der Waals surface area contributed by atoms with Crippen LogP contribution in [0.1, 0.15) is 81.7 Å². The largest absolute Gasteiger partial charge is 0.231 e. The van der Waals surface area contributed by atoms with Crippen LogP contribution in [0.3, 0.4) is 0 Å². The first-order valence-corrected chi connectivity index (χ1v) is 1.82. The number of hydrogen-bond donors (Lipinski definition) is 4. The Hall–Kier alpha value is -2.48. The highest BCUT2D eigenvalue weighted by Gasteiger charge is 1.04. The van der Waals surface area contributed by atoms with E-state index in [4.69, 9.17) is 40.8 Å². The number of carbonyl (C=O) groups excluding carboxylic acids is 4. The van der Waals surface area contributed by atoms with Gasteiger partial charge in [0.15, 0.2) is 0 Å². The summed E-state index contributed by atoms with van der Waals surface area (Å²) in [7, 11) is 0. The summed E-state index contributed by atoms with van der Waals surface area (Å²) in [6.45, 7) is 0. The molecule has 0 heterocycles. The van der Waals surface area contributed by atoms with Crippen molar-refractivity contribution in [2.24, 2.45) is 0 Å². The van der Waals surface area contributed by atoms with Gasteiger partial charge in [-0.15, -0.1) is 0 Å². The topological polar surface area (TPSA) is 164 Å². The van der Waals surface area contributed by atoms with Crippen LogP contribution in [0.5, 0.6) is 0 Å². The molecule has 0 aromatic heterocycles. The van der Waals surface area contributed by atoms with E-state index in [1.807, 2.05) is 0 Å². The van der Waals surface area contributed by atoms with E-state index in [1.54, 1.807) is 0 Å². The molecule has 0 saturated heterocycles. The molecule has 0 aromatic rings. The van der Waals surface area contributed by atoms with Gasteiger partial charge in [-0.05, 0) is 0 Å². The molecule has 0 fully saturated rings. The molecule has 0 aliphatic heterocycles. The maximum absolute atomic E-state index is 8.35. The summed E-state index contributed by atoms with van der Waals surface area (Å²) >= 11 is 0. The van der Waals surface area contributed by atoms with Crippen molar-refractivity contribution >= 4 is 24.3 Å². The highest BCUT2D eigenvalue weighted by Crippen LogP contribution is 0.877. The predicted octanol–water partition coefficient (Wildman–Crippen LogP) is 6.60. The molecular weight excluding hydrogens is 300 g/mol. The smallest absolute Gasteiger partial charge is 0.222 e. The Bertz CT molecular complexity index is 162. The van der Waals surface area contributed by atoms with Crippen molar-refractivity contribution in [3.8, 4) is 0 Å². The molecule has 152 valence electrons. The van der Waals surface area contributed by atoms with Gasteiger partial charge in [-0.25, -0.2) is 40.8 Å². The lowest BCUT2D eigenvalue weighted by Gasteiger charge is -1.02. The van der Waals surface area contributed by atoms with E-state index in [2.05, 4.69) is 0 Å². The molecule has 0 aliphatic rings. The van der Waals surface area contributed by atoms with Crippen LogP contribution in [0, 0.1) is 21.6 Å². The Labute approximate surface area is 147 Å². The molecule has 0 unspecified atom stereocenters. The minimum absolute atomic E-state index is 0. The Balaban J connectivity index is -0.00000000246. The van der Waals surface area contributed by atoms with Gasteiger partial charge >= 0.3 is 0 Å². The zero-order valence-electron chi connectivity index (χ0n) is 5.63. The molecule has 0 amide bonds. The average molecular weight is 349 g/mol. The van der Waals surface area contributed by atoms with E-state index in [9.17, 15) is 0 Å². The van der Waals surface area contributed by atoms with E-state index >= 15 is 0 Å². The van der Waals surface area contributed by atoms with Crippen molar-refractivity contribution in [1.29, 1.82) is 21.6 Å². The second kappa shape index (κ2) is 2900. The van der Waals surface area contributed by atoms with Crippen LogP contribution in [0.15, 0.2) is 0 Å². The van der Waals surface area contributed by atoms with Crippen molar-refractivity contribution in [3.05, 3.63) is 0 Å². The monoisotopic (exact) mass is 348 g/mol. The van der Waals surface area contributed by atoms with Crippen LogP contribution in [0.2, 0.25) is 0 Å². The summed E-state index contributed by atoms with van der Waals surface area (Å²) in [6, 6.07) is 0. The van der Waals surface area contributed by atoms with Crippen LogP contribution >= 0.6 is 0 Å². The van der Waals surface area contributed by atoms with Crippen LogP contribution < -0.4 is 0 Å². The highest BCUT2D eigenvalue weighted by atomic mass is 16.1. The van der Waals surface area contributed by atoms with Gasteiger partial charge in [0, 0.05) is 0 Å². The van der Waals surface area contributed by atoms with Gasteiger partial charge in [0.25, 0.3) is 0 Å². The molecular formula is C15H48N4O4. The van der Waals surface area contributed by atoms with Crippen LogP contribution in [0.4, 0.5) is 0 Å². The fourth-order valence-corrected chi connectivity index (χ4v) is 0. The van der Waals surface area contributed by atoms with E-state index < -0.39 is 0 Å². The normalized spacial score (nSPS) is 1.39. The molecule has 0 spiro atoms. The van der Waals surface area contributed by atoms with Crippen molar-refractivity contribution in [2.75, 3.05) is 0 Å². The first-order valence-electron chi connectivity index (χ1n) is 1.82. The van der Waals surface area contributed by atoms with Crippen LogP contribution in [-0.2, 0) is 19.2 Å². The van der Waals surface area contributed by atoms with Gasteiger partial charge in [0.05, 0.1) is 0 Å². The first-order chi connectivity index (χ1) is 5.66. The molecule has 0 aromatic carbocycles. The molecule has 0 aliphatic carbocycles. The van der Waals surface area contributed by atoms with Gasteiger partial charge in [0.1, 0.15) is 0 Å². The SMILES string of the molecule is C.C.C.C.C.C.C.C.C.C.C.N=C=O.N=C=O.N=C=O.N=C=O. The molecule has 0 rings (SSSR count). The third-order valence-electron chi connectivity index (χ3n) is 0. The fourth-order valence-electron chi connectivity index (χ4n) is 0. The molecule has 0 atom stereocenters. The Kier molecular flexibility index (Phi) is 32300. The lowest BCUT2D eigenvalue weighted by Crippen LogP contribution is -1.16. The van der Waals surface area contributed by atoms with Gasteiger partial charge < -0.3 is 0 Å². The number of hydrogen-bond acceptors (Lipinski definition) is 8. The van der Waals surface area contributed by atoms with Gasteiger partial charge in [-0.2, -0.15) is 0 Å². The van der Waals surface area contributed by atoms with E-state index in [0.29, 0.717) is 0 Å². The van der Waals surface area contributed by atoms with E-state index in [1.165, 1.54) is 0 Å². The summed E-state index contributed by atoms with van der Waals surface area (Å²) in [5.74, 6) is 0. The summed E-state index contributed by atoms with van der Waals surface area (Å²) < 4.78 is 0. The lowest BCUT2D eigenvalue weighted by molar-refractivity contribution is 0.562. The minimum Gasteiger partial charge on any atom is -0.222 e. The van der Waals surface area contributed by atoms with Crippen molar-refractivity contribution < 1.29 is 19.2 Å². The van der Waals surface area contributed by atoms with E-state index in [0.717, 1.165) is 24.3 Å². The number of rotatable bonds is 0. The predicted molar refractivity (Wildman–Crippen MR) is 108 cm³/mol. The Morgan fingerprint density at radius 2 is 0.304 bits per heavy atom. The maximum atomic E-state index is 8.35. The van der Waals surface area contributed by atoms with Crippen molar-refractivity contribution in [1.82, 2.24) is 0 Å². The minimum atomic E-state index is 0. The summed E-state index contributed by atoms with van der Waals surface area (Å²) in [4.78, 5) is 33.4. The van der Waals surface area contributed by atoms with Crippen molar-refractivity contribution in [3.63, 3.8) is 0 Å². The first kappa shape index (κ1) is 257. The van der Waals surface area contributed by atoms with Gasteiger partial charge in [-0.1, -0.05) is 81.7 Å². The zero-order chi connectivity index (χ0) is 10.8. The average Bonchev–Trinajstić information content (AvgIpc) is 1.92. The number of nitrogens with one attached hydrogen (secondary N) is 4. The molecule has 0 saturated carbocycles. The Morgan fingerprint density at radius 3 is 0.304 bits per heavy atom. The summed E-state index contributed by atoms with van der Waals surface area (Å²) in [5.41, 5.74) is 0. The van der Waals surface area contributed by atoms with Crippen LogP contribution in [-0.4, -0.2) is 24.3 Å². The molecule has 8 heteroatoms. The van der Waals surface area contributed by atoms with Gasteiger partial charge in [-0.3, -0.25) is 0 Å². The Morgan fingerprint density at radius 1 is 0.304 bits per heavy atom. The lowest BCUT2D eigenvalue weighted by atomic mass is 11.7. The summed E-state index contributed by atoms with van der Waals surface area (Å²) in [5, 5.41) is 21.6. The third-order valence-corrected chi connectivity index (χ3v) is 0. The zero-order valence-corrected chi connectivity index (χ0v) is 5.63. The van der Waals surface area contributed by atoms with Crippen LogP contribution in [0.25, 0.3) is 0 Å². The highest BCUT2D eigenvalue weighted by molar-refractivity contribution is 5.26. The van der Waals surface area contributed by atoms with Crippen molar-refractivity contribution in [2.45, 2.75) is 81.7 Å². The molecule has 0 bridgehead atoms. The quantitative estimate of drug-likeness (QED) is 0.286. The second-order valence-electron chi connectivity index (χ2n) is 0.408. The molecule has 4 N–H and O–H groups in total. The molecule has 0 radical (unpaired) electrons.